The summed E-state index contributed by atoms with van der Waals surface area (Å²) in [6, 6.07) is 6.62. The van der Waals surface area contributed by atoms with E-state index in [2.05, 4.69) is 28.4 Å². The van der Waals surface area contributed by atoms with E-state index in [0.29, 0.717) is 0 Å². The summed E-state index contributed by atoms with van der Waals surface area (Å²) in [5.74, 6) is 1.08. The van der Waals surface area contributed by atoms with Crippen LogP contribution in [-0.2, 0) is 17.6 Å². The minimum Gasteiger partial charge on any atom is -0.493 e. The number of fused-ring (bicyclic) bond motifs is 1. The Hall–Kier alpha value is -1.10. The van der Waals surface area contributed by atoms with Gasteiger partial charge in [-0.05, 0) is 49.7 Å². The molecule has 116 valence electrons. The lowest BCUT2D eigenvalue weighted by Crippen LogP contribution is -2.37. The summed E-state index contributed by atoms with van der Waals surface area (Å²) < 4.78 is 10.9. The van der Waals surface area contributed by atoms with Crippen LogP contribution in [0.2, 0.25) is 0 Å². The first kappa shape index (κ1) is 14.8. The van der Waals surface area contributed by atoms with E-state index in [1.54, 1.807) is 0 Å². The lowest BCUT2D eigenvalue weighted by atomic mass is 10.1. The van der Waals surface area contributed by atoms with Crippen LogP contribution >= 0.6 is 0 Å². The molecule has 4 heteroatoms. The highest BCUT2D eigenvalue weighted by atomic mass is 16.5. The standard InChI is InChI=1S/C17H26N2O2/c1(8-19-9-12-20-13-10-19)6-18-7-4-15-2-3-17-16(14-15)5-11-21-17/h2-3,14,18H,1,4-13H2. The zero-order valence-corrected chi connectivity index (χ0v) is 12.8. The predicted molar refractivity (Wildman–Crippen MR) is 84.1 cm³/mol. The van der Waals surface area contributed by atoms with E-state index >= 15 is 0 Å². The molecule has 21 heavy (non-hydrogen) atoms. The van der Waals surface area contributed by atoms with Crippen LogP contribution < -0.4 is 10.1 Å². The number of ether oxygens (including phenoxy) is 2. The van der Waals surface area contributed by atoms with Crippen molar-refractivity contribution in [1.29, 1.82) is 0 Å². The van der Waals surface area contributed by atoms with Gasteiger partial charge in [0.2, 0.25) is 0 Å². The van der Waals surface area contributed by atoms with Crippen LogP contribution in [-0.4, -0.2) is 57.4 Å². The van der Waals surface area contributed by atoms with Crippen LogP contribution in [0, 0.1) is 0 Å². The SMILES string of the molecule is c1cc2c(cc1CCNCCCN1CCOCC1)CCO2. The van der Waals surface area contributed by atoms with E-state index < -0.39 is 0 Å². The number of nitrogens with one attached hydrogen (secondary N) is 1. The highest BCUT2D eigenvalue weighted by Gasteiger charge is 2.11. The van der Waals surface area contributed by atoms with Crippen LogP contribution in [0.4, 0.5) is 0 Å². The number of benzene rings is 1. The summed E-state index contributed by atoms with van der Waals surface area (Å²) in [6.45, 7) is 8.18. The third kappa shape index (κ3) is 4.43. The van der Waals surface area contributed by atoms with Gasteiger partial charge in [0.15, 0.2) is 0 Å². The molecule has 2 heterocycles. The monoisotopic (exact) mass is 290 g/mol. The van der Waals surface area contributed by atoms with Gasteiger partial charge < -0.3 is 14.8 Å². The van der Waals surface area contributed by atoms with Gasteiger partial charge in [-0.1, -0.05) is 12.1 Å². The summed E-state index contributed by atoms with van der Waals surface area (Å²) in [7, 11) is 0. The van der Waals surface area contributed by atoms with Crippen LogP contribution in [0.1, 0.15) is 17.5 Å². The van der Waals surface area contributed by atoms with Crippen molar-refractivity contribution in [3.63, 3.8) is 0 Å². The molecule has 0 saturated carbocycles. The first-order valence-electron chi connectivity index (χ1n) is 8.17. The Morgan fingerprint density at radius 2 is 2.00 bits per heavy atom. The van der Waals surface area contributed by atoms with Crippen molar-refractivity contribution in [3.05, 3.63) is 29.3 Å². The number of morpholine rings is 1. The predicted octanol–water partition coefficient (Wildman–Crippen LogP) is 1.48. The molecular weight excluding hydrogens is 264 g/mol. The average Bonchev–Trinajstić information content (AvgIpc) is 2.99. The van der Waals surface area contributed by atoms with Crippen molar-refractivity contribution < 1.29 is 9.47 Å². The summed E-state index contributed by atoms with van der Waals surface area (Å²) in [5, 5.41) is 3.55. The Morgan fingerprint density at radius 3 is 2.90 bits per heavy atom. The molecule has 0 aromatic heterocycles. The van der Waals surface area contributed by atoms with Crippen molar-refractivity contribution in [3.8, 4) is 5.75 Å². The maximum absolute atomic E-state index is 5.54. The maximum atomic E-state index is 5.54. The third-order valence-corrected chi connectivity index (χ3v) is 4.28. The van der Waals surface area contributed by atoms with Gasteiger partial charge in [-0.3, -0.25) is 4.90 Å². The van der Waals surface area contributed by atoms with Gasteiger partial charge in [-0.2, -0.15) is 0 Å². The topological polar surface area (TPSA) is 33.7 Å². The molecule has 0 amide bonds. The third-order valence-electron chi connectivity index (χ3n) is 4.28. The second kappa shape index (κ2) is 7.78. The molecule has 1 fully saturated rings. The Morgan fingerprint density at radius 1 is 1.10 bits per heavy atom. The Labute approximate surface area is 127 Å². The van der Waals surface area contributed by atoms with Gasteiger partial charge in [-0.15, -0.1) is 0 Å². The van der Waals surface area contributed by atoms with Crippen molar-refractivity contribution in [2.45, 2.75) is 19.3 Å². The molecule has 1 aromatic carbocycles. The van der Waals surface area contributed by atoms with E-state index in [0.717, 1.165) is 64.6 Å². The Kier molecular flexibility index (Phi) is 5.49. The molecular formula is C17H26N2O2. The molecule has 2 aliphatic rings. The van der Waals surface area contributed by atoms with Crippen LogP contribution in [0.3, 0.4) is 0 Å². The normalized spacial score (nSPS) is 18.5. The lowest BCUT2D eigenvalue weighted by molar-refractivity contribution is 0.0375. The molecule has 1 aromatic rings. The fraction of sp³-hybridized carbons (Fsp3) is 0.647. The first-order chi connectivity index (χ1) is 10.4. The Bertz CT molecular complexity index is 444. The lowest BCUT2D eigenvalue weighted by Gasteiger charge is -2.26. The quantitative estimate of drug-likeness (QED) is 0.771. The minimum atomic E-state index is 0.846. The summed E-state index contributed by atoms with van der Waals surface area (Å²) in [6.07, 6.45) is 3.39. The van der Waals surface area contributed by atoms with Gasteiger partial charge >= 0.3 is 0 Å². The molecule has 0 atom stereocenters. The van der Waals surface area contributed by atoms with E-state index in [1.807, 2.05) is 0 Å². The van der Waals surface area contributed by atoms with Crippen molar-refractivity contribution >= 4 is 0 Å². The van der Waals surface area contributed by atoms with E-state index in [-0.39, 0.29) is 0 Å². The van der Waals surface area contributed by atoms with E-state index in [9.17, 15) is 0 Å². The molecule has 0 radical (unpaired) electrons. The molecule has 0 bridgehead atoms. The zero-order valence-electron chi connectivity index (χ0n) is 12.8. The maximum Gasteiger partial charge on any atom is 0.122 e. The first-order valence-corrected chi connectivity index (χ1v) is 8.17. The van der Waals surface area contributed by atoms with Gasteiger partial charge in [0.05, 0.1) is 19.8 Å². The number of rotatable bonds is 7. The smallest absolute Gasteiger partial charge is 0.122 e. The molecule has 4 nitrogen and oxygen atoms in total. The molecule has 1 N–H and O–H groups in total. The number of hydrogen-bond donors (Lipinski definition) is 1. The largest absolute Gasteiger partial charge is 0.493 e. The number of hydrogen-bond acceptors (Lipinski definition) is 4. The van der Waals surface area contributed by atoms with Gasteiger partial charge in [0.25, 0.3) is 0 Å². The van der Waals surface area contributed by atoms with Gasteiger partial charge in [-0.25, -0.2) is 0 Å². The fourth-order valence-electron chi connectivity index (χ4n) is 3.01. The minimum absolute atomic E-state index is 0.846. The van der Waals surface area contributed by atoms with Gasteiger partial charge in [0.1, 0.15) is 5.75 Å². The highest BCUT2D eigenvalue weighted by Crippen LogP contribution is 2.25. The van der Waals surface area contributed by atoms with Crippen molar-refractivity contribution in [2.75, 3.05) is 52.5 Å². The van der Waals surface area contributed by atoms with Crippen molar-refractivity contribution in [2.24, 2.45) is 0 Å². The second-order valence-corrected chi connectivity index (χ2v) is 5.85. The van der Waals surface area contributed by atoms with Crippen molar-refractivity contribution in [1.82, 2.24) is 10.2 Å². The molecule has 0 spiro atoms. The highest BCUT2D eigenvalue weighted by molar-refractivity contribution is 5.39. The average molecular weight is 290 g/mol. The molecule has 0 unspecified atom stereocenters. The van der Waals surface area contributed by atoms with E-state index in [1.165, 1.54) is 24.1 Å². The fourth-order valence-corrected chi connectivity index (χ4v) is 3.01. The summed E-state index contributed by atoms with van der Waals surface area (Å²) >= 11 is 0. The molecule has 3 rings (SSSR count). The molecule has 1 saturated heterocycles. The van der Waals surface area contributed by atoms with Crippen LogP contribution in [0.15, 0.2) is 18.2 Å². The molecule has 0 aliphatic carbocycles. The summed E-state index contributed by atoms with van der Waals surface area (Å²) in [5.41, 5.74) is 2.79. The Balaban J connectivity index is 1.28. The van der Waals surface area contributed by atoms with Crippen LogP contribution in [0.25, 0.3) is 0 Å². The number of nitrogens with zero attached hydrogens (tertiary/aromatic N) is 1. The zero-order chi connectivity index (χ0) is 14.3. The van der Waals surface area contributed by atoms with E-state index in [4.69, 9.17) is 9.47 Å². The van der Waals surface area contributed by atoms with Crippen LogP contribution in [0.5, 0.6) is 5.75 Å². The summed E-state index contributed by atoms with van der Waals surface area (Å²) in [4.78, 5) is 2.49. The second-order valence-electron chi connectivity index (χ2n) is 5.85. The van der Waals surface area contributed by atoms with Gasteiger partial charge in [0, 0.05) is 19.5 Å². The molecule has 2 aliphatic heterocycles.